The van der Waals surface area contributed by atoms with Crippen molar-refractivity contribution in [2.45, 2.75) is 219 Å². The van der Waals surface area contributed by atoms with Gasteiger partial charge in [0.2, 0.25) is 0 Å². The van der Waals surface area contributed by atoms with Gasteiger partial charge in [0, 0.05) is 46.6 Å². The second-order valence-electron chi connectivity index (χ2n) is 24.1. The predicted molar refractivity (Wildman–Crippen MR) is 383 cm³/mol. The minimum atomic E-state index is -0.412. The van der Waals surface area contributed by atoms with Crippen LogP contribution >= 0.6 is 0 Å². The molecule has 0 aromatic rings. The number of hydrogen-bond acceptors (Lipinski definition) is 21. The van der Waals surface area contributed by atoms with Gasteiger partial charge in [0.1, 0.15) is 19.3 Å². The summed E-state index contributed by atoms with van der Waals surface area (Å²) in [6, 6.07) is 0. The number of ether oxygens (including phenoxy) is 17. The highest BCUT2D eigenvalue weighted by Crippen LogP contribution is 2.13. The first-order chi connectivity index (χ1) is 47.6. The molecule has 0 saturated heterocycles. The van der Waals surface area contributed by atoms with Crippen molar-refractivity contribution in [3.05, 3.63) is 24.3 Å². The molecular weight excluding hydrogens is 1230 g/mol. The maximum Gasteiger partial charge on any atom is 0.320 e. The molecule has 0 heterocycles. The van der Waals surface area contributed by atoms with Crippen LogP contribution in [0.2, 0.25) is 0 Å². The van der Waals surface area contributed by atoms with Crippen LogP contribution in [0.25, 0.3) is 0 Å². The van der Waals surface area contributed by atoms with Crippen molar-refractivity contribution in [2.75, 3.05) is 231 Å². The molecule has 0 aliphatic rings. The van der Waals surface area contributed by atoms with Crippen molar-refractivity contribution in [2.24, 2.45) is 0 Å². The normalized spacial score (nSPS) is 12.2. The number of carbonyl (C=O) groups is 2. The molecule has 0 aromatic heterocycles. The van der Waals surface area contributed by atoms with E-state index in [1.54, 1.807) is 7.11 Å². The highest BCUT2D eigenvalue weighted by molar-refractivity contribution is 5.72. The molecule has 21 heteroatoms. The summed E-state index contributed by atoms with van der Waals surface area (Å²) in [5, 5.41) is 5.76. The van der Waals surface area contributed by atoms with Crippen molar-refractivity contribution < 1.29 is 90.1 Å². The van der Waals surface area contributed by atoms with E-state index < -0.39 is 5.97 Å². The monoisotopic (exact) mass is 1380 g/mol. The van der Waals surface area contributed by atoms with Crippen LogP contribution in [-0.2, 0) is 90.1 Å². The summed E-state index contributed by atoms with van der Waals surface area (Å²) in [4.78, 5) is 23.3. The Morgan fingerprint density at radius 2 is 0.521 bits per heavy atom. The van der Waals surface area contributed by atoms with E-state index in [0.29, 0.717) is 178 Å². The zero-order chi connectivity index (χ0) is 69.0. The first kappa shape index (κ1) is 93.7. The van der Waals surface area contributed by atoms with Gasteiger partial charge in [0.05, 0.1) is 172 Å². The molecule has 2 N–H and O–H groups in total. The van der Waals surface area contributed by atoms with Gasteiger partial charge >= 0.3 is 11.9 Å². The van der Waals surface area contributed by atoms with Gasteiger partial charge in [-0.3, -0.25) is 9.59 Å². The van der Waals surface area contributed by atoms with E-state index in [-0.39, 0.29) is 45.0 Å². The standard InChI is InChI=1S/C75H146N2O19/c1-4-6-8-10-12-14-16-18-20-22-24-26-28-30-32-35-43-92-71-73(94-44-38-33-31-29-27-25-23-21-19-17-15-13-11-9-7-5-2)72-93-66-65-90-62-61-88-58-57-86-54-52-84-50-48-82-42-37-34-36-41-81-47-49-83-51-53-85-55-56-87-59-60-89-63-64-91-67-68-96-75(79)70-77-40-46-95-74(78)69-76-39-45-80-3/h18-21,73,76-77H,4-17,22-72H2,1-3H3/b20-18-,21-19-. The Bertz CT molecular complexity index is 1540. The molecule has 21 nitrogen and oxygen atoms in total. The lowest BCUT2D eigenvalue weighted by atomic mass is 10.1. The van der Waals surface area contributed by atoms with Crippen molar-refractivity contribution in [1.29, 1.82) is 0 Å². The number of unbranched alkanes of at least 4 members (excludes halogenated alkanes) is 26. The van der Waals surface area contributed by atoms with E-state index in [1.807, 2.05) is 0 Å². The second kappa shape index (κ2) is 87.0. The Morgan fingerprint density at radius 3 is 0.875 bits per heavy atom. The third kappa shape index (κ3) is 84.2. The quantitative estimate of drug-likeness (QED) is 0.0329. The van der Waals surface area contributed by atoms with Crippen LogP contribution in [0.4, 0.5) is 0 Å². The average Bonchev–Trinajstić information content (AvgIpc) is 3.75. The van der Waals surface area contributed by atoms with Crippen LogP contribution in [0.3, 0.4) is 0 Å². The molecule has 0 aliphatic heterocycles. The number of hydrogen-bond donors (Lipinski definition) is 2. The number of carbonyl (C=O) groups excluding carboxylic acids is 2. The topological polar surface area (TPSA) is 215 Å². The number of esters is 2. The molecule has 0 spiro atoms. The van der Waals surface area contributed by atoms with Crippen LogP contribution in [-0.4, -0.2) is 250 Å². The summed E-state index contributed by atoms with van der Waals surface area (Å²) in [5.41, 5.74) is 0. The van der Waals surface area contributed by atoms with E-state index >= 15 is 0 Å². The minimum absolute atomic E-state index is 0.0152. The number of allylic oxidation sites excluding steroid dienone is 4. The molecular formula is C75H146N2O19. The highest BCUT2D eigenvalue weighted by atomic mass is 16.6. The number of methoxy groups -OCH3 is 1. The third-order valence-corrected chi connectivity index (χ3v) is 15.3. The molecule has 0 aromatic carbocycles. The smallest absolute Gasteiger partial charge is 0.320 e. The van der Waals surface area contributed by atoms with Gasteiger partial charge in [-0.05, 0) is 83.5 Å². The van der Waals surface area contributed by atoms with E-state index in [0.717, 1.165) is 45.3 Å². The molecule has 0 amide bonds. The van der Waals surface area contributed by atoms with E-state index in [2.05, 4.69) is 48.8 Å². The molecule has 1 unspecified atom stereocenters. The van der Waals surface area contributed by atoms with Crippen LogP contribution in [0.15, 0.2) is 24.3 Å². The van der Waals surface area contributed by atoms with Gasteiger partial charge in [-0.2, -0.15) is 0 Å². The van der Waals surface area contributed by atoms with Crippen LogP contribution in [0.1, 0.15) is 213 Å². The minimum Gasteiger partial charge on any atom is -0.463 e. The van der Waals surface area contributed by atoms with Crippen LogP contribution in [0.5, 0.6) is 0 Å². The van der Waals surface area contributed by atoms with Crippen molar-refractivity contribution >= 4 is 11.9 Å². The summed E-state index contributed by atoms with van der Waals surface area (Å²) < 4.78 is 95.1. The molecule has 0 fully saturated rings. The summed E-state index contributed by atoms with van der Waals surface area (Å²) >= 11 is 0. The average molecular weight is 1380 g/mol. The second-order valence-corrected chi connectivity index (χ2v) is 24.1. The summed E-state index contributed by atoms with van der Waals surface area (Å²) in [6.45, 7) is 20.6. The van der Waals surface area contributed by atoms with Gasteiger partial charge in [-0.25, -0.2) is 0 Å². The van der Waals surface area contributed by atoms with Gasteiger partial charge in [-0.15, -0.1) is 0 Å². The van der Waals surface area contributed by atoms with Gasteiger partial charge in [0.25, 0.3) is 0 Å². The lowest BCUT2D eigenvalue weighted by Gasteiger charge is -2.18. The molecule has 96 heavy (non-hydrogen) atoms. The fourth-order valence-electron chi connectivity index (χ4n) is 9.62. The van der Waals surface area contributed by atoms with Gasteiger partial charge in [-0.1, -0.05) is 154 Å². The van der Waals surface area contributed by atoms with Crippen LogP contribution < -0.4 is 10.6 Å². The highest BCUT2D eigenvalue weighted by Gasteiger charge is 2.11. The van der Waals surface area contributed by atoms with Crippen LogP contribution in [0, 0.1) is 0 Å². The Morgan fingerprint density at radius 1 is 0.271 bits per heavy atom. The Hall–Kier alpha value is -2.26. The van der Waals surface area contributed by atoms with Gasteiger partial charge < -0.3 is 91.2 Å². The fraction of sp³-hybridized carbons (Fsp3) is 0.920. The summed E-state index contributed by atoms with van der Waals surface area (Å²) in [5.74, 6) is -0.778. The van der Waals surface area contributed by atoms with E-state index in [9.17, 15) is 9.59 Å². The zero-order valence-electron chi connectivity index (χ0n) is 61.6. The molecule has 1 atom stereocenters. The predicted octanol–water partition coefficient (Wildman–Crippen LogP) is 12.7. The maximum atomic E-state index is 11.8. The Labute approximate surface area is 585 Å². The van der Waals surface area contributed by atoms with Crippen molar-refractivity contribution in [3.8, 4) is 0 Å². The first-order valence-electron chi connectivity index (χ1n) is 38.3. The maximum absolute atomic E-state index is 11.8. The van der Waals surface area contributed by atoms with Crippen molar-refractivity contribution in [1.82, 2.24) is 10.6 Å². The lowest BCUT2D eigenvalue weighted by Crippen LogP contribution is -2.31. The lowest BCUT2D eigenvalue weighted by molar-refractivity contribution is -0.144. The Balaban J connectivity index is 3.69. The third-order valence-electron chi connectivity index (χ3n) is 15.3. The number of nitrogens with one attached hydrogen (secondary N) is 2. The molecule has 0 bridgehead atoms. The SMILES string of the molecule is CCCCCCCC/C=C\CCCCCCCCOCC(COCCOCCOCCOCCOCCOCCCCCOCCOCCOCCOCCOCCOCCOC(=O)CNCCOC(=O)CNCCOC)OCCCCCCCC/C=C\CCCCCCCC. The van der Waals surface area contributed by atoms with Gasteiger partial charge in [0.15, 0.2) is 0 Å². The summed E-state index contributed by atoms with van der Waals surface area (Å²) in [7, 11) is 1.59. The van der Waals surface area contributed by atoms with E-state index in [4.69, 9.17) is 80.5 Å². The molecule has 0 rings (SSSR count). The first-order valence-corrected chi connectivity index (χ1v) is 38.3. The number of rotatable bonds is 86. The Kier molecular flexibility index (Phi) is 84.9. The van der Waals surface area contributed by atoms with Crippen molar-refractivity contribution in [3.63, 3.8) is 0 Å². The largest absolute Gasteiger partial charge is 0.463 e. The molecule has 570 valence electrons. The molecule has 0 radical (unpaired) electrons. The van der Waals surface area contributed by atoms with E-state index in [1.165, 1.54) is 167 Å². The zero-order valence-corrected chi connectivity index (χ0v) is 61.6. The molecule has 0 aliphatic carbocycles. The summed E-state index contributed by atoms with van der Waals surface area (Å²) in [6.07, 6.45) is 49.0. The fourth-order valence-corrected chi connectivity index (χ4v) is 9.62. The molecule has 0 saturated carbocycles.